The normalized spacial score (nSPS) is 17.9. The second kappa shape index (κ2) is 14.9. The highest BCUT2D eigenvalue weighted by atomic mass is 32.2. The van der Waals surface area contributed by atoms with Crippen molar-refractivity contribution >= 4 is 46.0 Å². The van der Waals surface area contributed by atoms with Gasteiger partial charge in [-0.2, -0.15) is 18.4 Å². The first-order valence-electron chi connectivity index (χ1n) is 17.4. The molecule has 0 amide bonds. The zero-order valence-corrected chi connectivity index (χ0v) is 32.8. The molecule has 5 rings (SSSR count). The molecule has 2 unspecified atom stereocenters. The van der Waals surface area contributed by atoms with Crippen molar-refractivity contribution in [2.45, 2.75) is 89.5 Å². The fourth-order valence-electron chi connectivity index (χ4n) is 6.60. The fourth-order valence-corrected chi connectivity index (χ4v) is 9.11. The highest BCUT2D eigenvalue weighted by molar-refractivity contribution is 7.91. The van der Waals surface area contributed by atoms with Crippen molar-refractivity contribution in [3.63, 3.8) is 0 Å². The van der Waals surface area contributed by atoms with Crippen LogP contribution in [-0.4, -0.2) is 66.7 Å². The number of aryl methyl sites for hydroxylation is 1. The van der Waals surface area contributed by atoms with Gasteiger partial charge in [-0.05, 0) is 69.5 Å². The summed E-state index contributed by atoms with van der Waals surface area (Å²) >= 11 is 0. The summed E-state index contributed by atoms with van der Waals surface area (Å²) in [5.41, 5.74) is -2.21. The van der Waals surface area contributed by atoms with Crippen LogP contribution in [0, 0.1) is 18.3 Å². The standard InChI is InChI=1S/C38H45F3N4O6SSi/c1-8-27-11-10-17-36(4,22-27)52(47,48)45-18-16-29-30(14-12-26(3)34(29)45)37(38(39,40)41,51-24-33(46)50-9-2)35-43-31-21-28(23-42)13-15-32(31)44(35)25-49-19-20-53(5,6)7/h10-16,18,21-22H,8-9,17,19-20,24-25H2,1-7H3. The summed E-state index contributed by atoms with van der Waals surface area (Å²) in [7, 11) is -5.83. The summed E-state index contributed by atoms with van der Waals surface area (Å²) < 4.78 is 95.6. The zero-order chi connectivity index (χ0) is 39.0. The molecular formula is C38H45F3N4O6SSi. The van der Waals surface area contributed by atoms with E-state index in [1.54, 1.807) is 26.0 Å². The van der Waals surface area contributed by atoms with Gasteiger partial charge in [0, 0.05) is 31.8 Å². The Hall–Kier alpha value is -4.23. The Labute approximate surface area is 308 Å². The maximum Gasteiger partial charge on any atom is 0.429 e. The van der Waals surface area contributed by atoms with Gasteiger partial charge in [-0.15, -0.1) is 0 Å². The second-order valence-electron chi connectivity index (χ2n) is 14.6. The van der Waals surface area contributed by atoms with E-state index in [9.17, 15) is 18.5 Å². The number of esters is 1. The topological polar surface area (TPSA) is 125 Å². The highest BCUT2D eigenvalue weighted by Crippen LogP contribution is 2.51. The number of imidazole rings is 1. The van der Waals surface area contributed by atoms with Crippen molar-refractivity contribution in [3.8, 4) is 6.07 Å². The van der Waals surface area contributed by atoms with Crippen LogP contribution in [0.4, 0.5) is 13.2 Å². The number of benzene rings is 2. The van der Waals surface area contributed by atoms with Crippen molar-refractivity contribution in [1.29, 1.82) is 5.26 Å². The van der Waals surface area contributed by atoms with Crippen LogP contribution in [-0.2, 0) is 41.4 Å². The average molecular weight is 771 g/mol. The Bertz CT molecular complexity index is 2250. The van der Waals surface area contributed by atoms with Crippen molar-refractivity contribution in [2.75, 3.05) is 19.8 Å². The van der Waals surface area contributed by atoms with E-state index < -0.39 is 58.6 Å². The van der Waals surface area contributed by atoms with Gasteiger partial charge in [-0.3, -0.25) is 0 Å². The summed E-state index contributed by atoms with van der Waals surface area (Å²) in [4.78, 5) is 17.2. The minimum absolute atomic E-state index is 0.0268. The number of hydrogen-bond donors (Lipinski definition) is 0. The van der Waals surface area contributed by atoms with Crippen molar-refractivity contribution in [1.82, 2.24) is 13.5 Å². The third-order valence-electron chi connectivity index (χ3n) is 9.52. The number of fused-ring (bicyclic) bond motifs is 2. The largest absolute Gasteiger partial charge is 0.464 e. The molecular weight excluding hydrogens is 726 g/mol. The predicted molar refractivity (Wildman–Crippen MR) is 200 cm³/mol. The van der Waals surface area contributed by atoms with E-state index in [1.807, 2.05) is 19.1 Å². The summed E-state index contributed by atoms with van der Waals surface area (Å²) in [6.07, 6.45) is 2.07. The lowest BCUT2D eigenvalue weighted by atomic mass is 9.88. The molecule has 2 heterocycles. The molecule has 2 aromatic heterocycles. The average Bonchev–Trinajstić information content (AvgIpc) is 3.70. The molecule has 0 saturated carbocycles. The molecule has 0 spiro atoms. The van der Waals surface area contributed by atoms with Gasteiger partial charge in [0.25, 0.3) is 0 Å². The van der Waals surface area contributed by atoms with Gasteiger partial charge in [-0.1, -0.05) is 62.5 Å². The van der Waals surface area contributed by atoms with Gasteiger partial charge >= 0.3 is 12.1 Å². The number of alkyl halides is 3. The van der Waals surface area contributed by atoms with E-state index in [-0.39, 0.29) is 53.9 Å². The van der Waals surface area contributed by atoms with E-state index in [0.29, 0.717) is 12.0 Å². The van der Waals surface area contributed by atoms with Gasteiger partial charge < -0.3 is 18.8 Å². The van der Waals surface area contributed by atoms with Crippen LogP contribution in [0.5, 0.6) is 0 Å². The molecule has 0 bridgehead atoms. The van der Waals surface area contributed by atoms with Gasteiger partial charge in [-0.25, -0.2) is 22.2 Å². The molecule has 1 aliphatic rings. The van der Waals surface area contributed by atoms with Crippen LogP contribution < -0.4 is 0 Å². The van der Waals surface area contributed by atoms with Crippen LogP contribution in [0.1, 0.15) is 56.1 Å². The van der Waals surface area contributed by atoms with Crippen LogP contribution >= 0.6 is 0 Å². The Morgan fingerprint density at radius 3 is 2.51 bits per heavy atom. The Morgan fingerprint density at radius 2 is 1.87 bits per heavy atom. The first kappa shape index (κ1) is 40.0. The second-order valence-corrected chi connectivity index (χ2v) is 22.5. The molecule has 1 aliphatic carbocycles. The quantitative estimate of drug-likeness (QED) is 0.0716. The molecule has 0 N–H and O–H groups in total. The number of carbonyl (C=O) groups excluding carboxylic acids is 1. The van der Waals surface area contributed by atoms with Gasteiger partial charge in [0.1, 0.15) is 18.1 Å². The van der Waals surface area contributed by atoms with Crippen LogP contribution in [0.25, 0.3) is 21.9 Å². The maximum atomic E-state index is 16.3. The Kier molecular flexibility index (Phi) is 11.2. The minimum Gasteiger partial charge on any atom is -0.464 e. The van der Waals surface area contributed by atoms with Crippen LogP contribution in [0.3, 0.4) is 0 Å². The first-order chi connectivity index (χ1) is 24.8. The summed E-state index contributed by atoms with van der Waals surface area (Å²) in [5.74, 6) is -1.70. The lowest BCUT2D eigenvalue weighted by Crippen LogP contribution is -2.49. The van der Waals surface area contributed by atoms with E-state index in [2.05, 4.69) is 24.6 Å². The fraction of sp³-hybridized carbons (Fsp3) is 0.447. The molecule has 15 heteroatoms. The molecule has 4 aromatic rings. The molecule has 0 radical (unpaired) electrons. The zero-order valence-electron chi connectivity index (χ0n) is 31.0. The molecule has 0 aliphatic heterocycles. The molecule has 53 heavy (non-hydrogen) atoms. The predicted octanol–water partition coefficient (Wildman–Crippen LogP) is 8.10. The summed E-state index contributed by atoms with van der Waals surface area (Å²) in [5, 5.41) is 9.55. The maximum absolute atomic E-state index is 16.3. The van der Waals surface area contributed by atoms with E-state index >= 15 is 13.2 Å². The van der Waals surface area contributed by atoms with Crippen molar-refractivity contribution < 1.29 is 40.6 Å². The third kappa shape index (κ3) is 7.47. The number of nitrogens with zero attached hydrogens (tertiary/aromatic N) is 4. The molecule has 2 atom stereocenters. The molecule has 0 saturated heterocycles. The summed E-state index contributed by atoms with van der Waals surface area (Å²) in [6, 6.07) is 11.0. The van der Waals surface area contributed by atoms with Crippen molar-refractivity contribution in [2.24, 2.45) is 0 Å². The number of rotatable bonds is 14. The van der Waals surface area contributed by atoms with Gasteiger partial charge in [0.15, 0.2) is 5.82 Å². The smallest absolute Gasteiger partial charge is 0.429 e. The Morgan fingerprint density at radius 1 is 1.13 bits per heavy atom. The lowest BCUT2D eigenvalue weighted by molar-refractivity contribution is -0.270. The first-order valence-corrected chi connectivity index (χ1v) is 22.6. The number of halogens is 3. The SMILES string of the molecule is CCOC(=O)COC(c1ccc(C)c2c1ccn2S(=O)(=O)C1(C)C=C(CC)C=CC1)(c1nc2cc(C#N)ccc2n1COCC[Si](C)(C)C)C(F)(F)F. The minimum atomic E-state index is -5.29. The summed E-state index contributed by atoms with van der Waals surface area (Å²) in [6.45, 7) is 11.8. The van der Waals surface area contributed by atoms with Crippen LogP contribution in [0.15, 0.2) is 66.4 Å². The molecule has 0 fully saturated rings. The van der Waals surface area contributed by atoms with E-state index in [4.69, 9.17) is 14.2 Å². The van der Waals surface area contributed by atoms with Gasteiger partial charge in [0.05, 0.1) is 34.8 Å². The van der Waals surface area contributed by atoms with E-state index in [0.717, 1.165) is 15.6 Å². The number of nitriles is 1. The number of hydrogen-bond acceptors (Lipinski definition) is 8. The van der Waals surface area contributed by atoms with Crippen LogP contribution in [0.2, 0.25) is 25.7 Å². The lowest BCUT2D eigenvalue weighted by Gasteiger charge is -2.36. The Balaban J connectivity index is 1.83. The number of ether oxygens (including phenoxy) is 3. The number of aromatic nitrogens is 3. The van der Waals surface area contributed by atoms with Gasteiger partial charge in [0.2, 0.25) is 15.6 Å². The highest BCUT2D eigenvalue weighted by Gasteiger charge is 2.63. The van der Waals surface area contributed by atoms with Crippen molar-refractivity contribution in [3.05, 3.63) is 88.9 Å². The molecule has 284 valence electrons. The monoisotopic (exact) mass is 770 g/mol. The molecule has 2 aromatic carbocycles. The number of carbonyl (C=O) groups is 1. The molecule has 10 nitrogen and oxygen atoms in total. The van der Waals surface area contributed by atoms with E-state index in [1.165, 1.54) is 54.1 Å². The third-order valence-corrected chi connectivity index (χ3v) is 13.5. The number of allylic oxidation sites excluding steroid dienone is 3.